The summed E-state index contributed by atoms with van der Waals surface area (Å²) in [5.74, 6) is -0.0771. The van der Waals surface area contributed by atoms with Crippen LogP contribution in [0, 0.1) is 11.8 Å². The molecule has 238 valence electrons. The van der Waals surface area contributed by atoms with E-state index in [0.29, 0.717) is 25.0 Å². The van der Waals surface area contributed by atoms with E-state index in [4.69, 9.17) is 18.3 Å². The maximum atomic E-state index is 16.1. The van der Waals surface area contributed by atoms with Crippen LogP contribution < -0.4 is 0 Å². The second-order valence-corrected chi connectivity index (χ2v) is 21.7. The Balaban J connectivity index is 2.33. The lowest BCUT2D eigenvalue weighted by Crippen LogP contribution is -2.42. The number of rotatable bonds is 20. The lowest BCUT2D eigenvalue weighted by molar-refractivity contribution is -0.140. The number of fused-ring (bicyclic) bond motifs is 1. The minimum atomic E-state index is -1.88. The van der Waals surface area contributed by atoms with Crippen molar-refractivity contribution in [3.63, 3.8) is 0 Å². The maximum Gasteiger partial charge on any atom is 0.305 e. The van der Waals surface area contributed by atoms with Crippen molar-refractivity contribution in [2.24, 2.45) is 11.8 Å². The largest absolute Gasteiger partial charge is 0.491 e. The number of allylic oxidation sites excluding steroid dienone is 2. The van der Waals surface area contributed by atoms with Gasteiger partial charge in [0.05, 0.1) is 19.3 Å². The Labute approximate surface area is 253 Å². The number of carbonyl (C=O) groups excluding carboxylic acids is 1. The number of alkyl halides is 1. The van der Waals surface area contributed by atoms with Gasteiger partial charge in [0.25, 0.3) is 0 Å². The number of ether oxygens (including phenoxy) is 2. The van der Waals surface area contributed by atoms with Crippen LogP contribution in [0.15, 0.2) is 24.0 Å². The van der Waals surface area contributed by atoms with Crippen LogP contribution in [0.3, 0.4) is 0 Å². The third kappa shape index (κ3) is 9.77. The fourth-order valence-corrected chi connectivity index (χ4v) is 12.5. The summed E-state index contributed by atoms with van der Waals surface area (Å²) in [7, 11) is -2.27. The molecule has 41 heavy (non-hydrogen) atoms. The first-order chi connectivity index (χ1) is 19.7. The molecular formula is C33H61FO5Si2. The van der Waals surface area contributed by atoms with Crippen LogP contribution in [0.1, 0.15) is 99.8 Å². The van der Waals surface area contributed by atoms with Gasteiger partial charge in [0.15, 0.2) is 22.8 Å². The molecule has 0 N–H and O–H groups in total. The fourth-order valence-electron chi connectivity index (χ4n) is 6.80. The molecule has 1 saturated carbocycles. The molecule has 1 unspecified atom stereocenters. The Hall–Kier alpha value is -0.966. The second kappa shape index (κ2) is 18.0. The number of unbranched alkanes of at least 4 members (excludes halogenated alkanes) is 3. The monoisotopic (exact) mass is 612 g/mol. The highest BCUT2D eigenvalue weighted by molar-refractivity contribution is 6.74. The van der Waals surface area contributed by atoms with Gasteiger partial charge in [-0.2, -0.15) is 0 Å². The minimum absolute atomic E-state index is 0.0197. The molecule has 1 heterocycles. The molecule has 0 spiro atoms. The van der Waals surface area contributed by atoms with Gasteiger partial charge in [-0.3, -0.25) is 4.79 Å². The van der Waals surface area contributed by atoms with Crippen LogP contribution in [0.2, 0.25) is 36.3 Å². The van der Waals surface area contributed by atoms with Gasteiger partial charge in [-0.15, -0.1) is 0 Å². The molecule has 2 fully saturated rings. The van der Waals surface area contributed by atoms with Crippen molar-refractivity contribution in [2.75, 3.05) is 7.11 Å². The van der Waals surface area contributed by atoms with Crippen molar-refractivity contribution in [1.82, 2.24) is 0 Å². The average Bonchev–Trinajstić information content (AvgIpc) is 3.49. The van der Waals surface area contributed by atoms with Gasteiger partial charge in [-0.1, -0.05) is 79.9 Å². The first-order valence-electron chi connectivity index (χ1n) is 16.8. The molecule has 6 atom stereocenters. The van der Waals surface area contributed by atoms with Crippen molar-refractivity contribution >= 4 is 22.6 Å². The van der Waals surface area contributed by atoms with E-state index in [1.165, 1.54) is 20.0 Å². The zero-order chi connectivity index (χ0) is 30.5. The lowest BCUT2D eigenvalue weighted by atomic mass is 9.89. The number of hydrogen-bond donors (Lipinski definition) is 0. The number of carbonyl (C=O) groups is 1. The molecule has 1 aliphatic carbocycles. The van der Waals surface area contributed by atoms with E-state index in [2.05, 4.69) is 60.6 Å². The quantitative estimate of drug-likeness (QED) is 0.0593. The van der Waals surface area contributed by atoms with Crippen molar-refractivity contribution in [3.05, 3.63) is 24.0 Å². The summed E-state index contributed by atoms with van der Waals surface area (Å²) in [5.41, 5.74) is 0. The third-order valence-electron chi connectivity index (χ3n) is 10.1. The molecule has 1 aliphatic heterocycles. The SMILES string of the molecule is CCCCC[C@@H](/C=C/C1[C@@H]2[C@H](C[C@H]1O[Si](CC)(CC)CC)O/C(=C/CCCC(=O)OC)[C@H]2F)O[Si](CC)(CC)CC. The molecule has 0 aromatic heterocycles. The molecule has 8 heteroatoms. The van der Waals surface area contributed by atoms with Gasteiger partial charge in [-0.05, 0) is 61.6 Å². The van der Waals surface area contributed by atoms with Crippen molar-refractivity contribution in [1.29, 1.82) is 0 Å². The highest BCUT2D eigenvalue weighted by atomic mass is 28.4. The summed E-state index contributed by atoms with van der Waals surface area (Å²) >= 11 is 0. The smallest absolute Gasteiger partial charge is 0.305 e. The van der Waals surface area contributed by atoms with E-state index in [-0.39, 0.29) is 36.1 Å². The van der Waals surface area contributed by atoms with Crippen molar-refractivity contribution in [2.45, 2.75) is 161 Å². The summed E-state index contributed by atoms with van der Waals surface area (Å²) in [4.78, 5) is 11.5. The van der Waals surface area contributed by atoms with Crippen LogP contribution in [-0.2, 0) is 23.1 Å². The average molecular weight is 613 g/mol. The van der Waals surface area contributed by atoms with E-state index < -0.39 is 22.8 Å². The normalized spacial score (nSPS) is 26.5. The molecular weight excluding hydrogens is 552 g/mol. The van der Waals surface area contributed by atoms with Crippen LogP contribution in [0.5, 0.6) is 0 Å². The van der Waals surface area contributed by atoms with E-state index in [9.17, 15) is 4.79 Å². The van der Waals surface area contributed by atoms with Crippen LogP contribution >= 0.6 is 0 Å². The van der Waals surface area contributed by atoms with E-state index in [1.54, 1.807) is 0 Å². The number of methoxy groups -OCH3 is 1. The van der Waals surface area contributed by atoms with Crippen LogP contribution in [0.4, 0.5) is 4.39 Å². The highest BCUT2D eigenvalue weighted by Gasteiger charge is 2.55. The Morgan fingerprint density at radius 1 is 0.976 bits per heavy atom. The Kier molecular flexibility index (Phi) is 15.9. The summed E-state index contributed by atoms with van der Waals surface area (Å²) < 4.78 is 41.2. The predicted octanol–water partition coefficient (Wildman–Crippen LogP) is 9.50. The topological polar surface area (TPSA) is 54.0 Å². The van der Waals surface area contributed by atoms with E-state index in [0.717, 1.165) is 55.5 Å². The zero-order valence-electron chi connectivity index (χ0n) is 27.5. The molecule has 2 rings (SSSR count). The summed E-state index contributed by atoms with van der Waals surface area (Å²) in [6.07, 6.45) is 12.0. The Bertz CT molecular complexity index is 810. The highest BCUT2D eigenvalue weighted by Crippen LogP contribution is 2.49. The van der Waals surface area contributed by atoms with Gasteiger partial charge < -0.3 is 18.3 Å². The predicted molar refractivity (Wildman–Crippen MR) is 173 cm³/mol. The lowest BCUT2D eigenvalue weighted by Gasteiger charge is -2.35. The number of esters is 1. The van der Waals surface area contributed by atoms with Crippen molar-refractivity contribution < 1.29 is 27.5 Å². The molecule has 0 bridgehead atoms. The minimum Gasteiger partial charge on any atom is -0.491 e. The first-order valence-corrected chi connectivity index (χ1v) is 21.9. The zero-order valence-corrected chi connectivity index (χ0v) is 29.5. The van der Waals surface area contributed by atoms with Gasteiger partial charge in [-0.25, -0.2) is 4.39 Å². The van der Waals surface area contributed by atoms with Gasteiger partial charge in [0.1, 0.15) is 11.9 Å². The third-order valence-corrected chi connectivity index (χ3v) is 19.5. The molecule has 0 aromatic carbocycles. The molecule has 2 aliphatic rings. The summed E-state index contributed by atoms with van der Waals surface area (Å²) in [6.45, 7) is 15.9. The molecule has 0 aromatic rings. The van der Waals surface area contributed by atoms with Crippen LogP contribution in [-0.4, -0.2) is 54.2 Å². The summed E-state index contributed by atoms with van der Waals surface area (Å²) in [5, 5.41) is 0. The van der Waals surface area contributed by atoms with E-state index in [1.807, 2.05) is 6.08 Å². The first kappa shape index (κ1) is 36.2. The molecule has 1 saturated heterocycles. The number of hydrogen-bond acceptors (Lipinski definition) is 5. The Morgan fingerprint density at radius 3 is 2.17 bits per heavy atom. The molecule has 5 nitrogen and oxygen atoms in total. The van der Waals surface area contributed by atoms with Gasteiger partial charge in [0, 0.05) is 24.7 Å². The van der Waals surface area contributed by atoms with Crippen LogP contribution in [0.25, 0.3) is 0 Å². The number of halogens is 1. The van der Waals surface area contributed by atoms with Crippen molar-refractivity contribution in [3.8, 4) is 0 Å². The van der Waals surface area contributed by atoms with E-state index >= 15 is 4.39 Å². The van der Waals surface area contributed by atoms with Gasteiger partial charge >= 0.3 is 5.97 Å². The Morgan fingerprint density at radius 2 is 1.61 bits per heavy atom. The summed E-state index contributed by atoms with van der Waals surface area (Å²) in [6, 6.07) is 6.61. The maximum absolute atomic E-state index is 16.1. The van der Waals surface area contributed by atoms with Gasteiger partial charge in [0.2, 0.25) is 0 Å². The molecule has 0 radical (unpaired) electrons. The second-order valence-electron chi connectivity index (χ2n) is 12.2. The molecule has 0 amide bonds. The fraction of sp³-hybridized carbons (Fsp3) is 0.848. The standard InChI is InChI=1S/C33H61FO5Si2/c1-9-16-17-20-26(38-40(10-2,11-3)12-4)23-24-27-29(39-41(13-5,14-6)15-7)25-30-32(27)33(34)28(37-30)21-18-19-22-31(35)36-8/h21,23-24,26-27,29-30,32-33H,9-20,22,25H2,1-8H3/b24-23+,28-21+/t26-,27?,29+,30-,32+,33+/m0/s1.